The molecule has 3 rings (SSSR count). The lowest BCUT2D eigenvalue weighted by molar-refractivity contribution is 0.179. The summed E-state index contributed by atoms with van der Waals surface area (Å²) in [6, 6.07) is 0.754. The minimum absolute atomic E-state index is 0. The number of halogens is 4. The van der Waals surface area contributed by atoms with E-state index in [9.17, 15) is 21.6 Å². The lowest BCUT2D eigenvalue weighted by Gasteiger charge is -2.32. The second-order valence-electron chi connectivity index (χ2n) is 5.79. The largest absolute Gasteiger partial charge is 0.314 e. The summed E-state index contributed by atoms with van der Waals surface area (Å²) in [7, 11) is -4.17. The zero-order valence-corrected chi connectivity index (χ0v) is 14.5. The fourth-order valence-electron chi connectivity index (χ4n) is 3.12. The van der Waals surface area contributed by atoms with Crippen LogP contribution >= 0.6 is 12.4 Å². The summed E-state index contributed by atoms with van der Waals surface area (Å²) in [5.74, 6) is -4.04. The summed E-state index contributed by atoms with van der Waals surface area (Å²) in [5, 5.41) is 3.22. The van der Waals surface area contributed by atoms with Gasteiger partial charge in [0.15, 0.2) is 11.6 Å². The molecule has 1 aromatic carbocycles. The van der Waals surface area contributed by atoms with Crippen molar-refractivity contribution in [3.05, 3.63) is 29.6 Å². The third kappa shape index (κ3) is 3.70. The van der Waals surface area contributed by atoms with E-state index in [0.29, 0.717) is 12.5 Å². The van der Waals surface area contributed by atoms with E-state index in [4.69, 9.17) is 0 Å². The topological polar surface area (TPSA) is 52.7 Å². The van der Waals surface area contributed by atoms with Gasteiger partial charge in [0.05, 0.1) is 0 Å². The molecule has 5 nitrogen and oxygen atoms in total. The number of piperazine rings is 1. The number of sulfonamides is 1. The summed E-state index contributed by atoms with van der Waals surface area (Å²) in [6.07, 6.45) is 0.643. The maximum absolute atomic E-state index is 13.8. The van der Waals surface area contributed by atoms with Gasteiger partial charge < -0.3 is 5.32 Å². The van der Waals surface area contributed by atoms with Gasteiger partial charge in [-0.3, -0.25) is 4.90 Å². The molecule has 2 saturated heterocycles. The molecule has 2 aliphatic rings. The van der Waals surface area contributed by atoms with Crippen LogP contribution in [0.4, 0.5) is 13.2 Å². The molecule has 0 bridgehead atoms. The molecule has 0 aromatic heterocycles. The Kier molecular flexibility index (Phi) is 6.14. The number of hydrogen-bond acceptors (Lipinski definition) is 4. The van der Waals surface area contributed by atoms with Crippen LogP contribution < -0.4 is 5.32 Å². The number of rotatable bonds is 3. The van der Waals surface area contributed by atoms with Crippen LogP contribution in [0.3, 0.4) is 0 Å². The summed E-state index contributed by atoms with van der Waals surface area (Å²) < 4.78 is 66.3. The Morgan fingerprint density at radius 3 is 2.29 bits per heavy atom. The van der Waals surface area contributed by atoms with E-state index < -0.39 is 32.4 Å². The molecule has 1 aromatic rings. The summed E-state index contributed by atoms with van der Waals surface area (Å²) in [4.78, 5) is 1.39. The molecular weight excluding hydrogens is 367 g/mol. The van der Waals surface area contributed by atoms with E-state index in [1.54, 1.807) is 0 Å². The quantitative estimate of drug-likeness (QED) is 0.794. The molecule has 2 heterocycles. The zero-order chi connectivity index (χ0) is 16.6. The highest BCUT2D eigenvalue weighted by Gasteiger charge is 2.37. The number of hydrogen-bond donors (Lipinski definition) is 1. The third-order valence-electron chi connectivity index (χ3n) is 4.39. The van der Waals surface area contributed by atoms with Crippen LogP contribution in [0.5, 0.6) is 0 Å². The molecule has 1 N–H and O–H groups in total. The van der Waals surface area contributed by atoms with Gasteiger partial charge in [-0.2, -0.15) is 4.31 Å². The van der Waals surface area contributed by atoms with Gasteiger partial charge in [-0.05, 0) is 12.5 Å². The van der Waals surface area contributed by atoms with Crippen LogP contribution in [0.25, 0.3) is 0 Å². The molecule has 2 aliphatic heterocycles. The first-order valence-corrected chi connectivity index (χ1v) is 8.93. The van der Waals surface area contributed by atoms with Crippen molar-refractivity contribution in [2.75, 3.05) is 39.3 Å². The van der Waals surface area contributed by atoms with Crippen LogP contribution in [0, 0.1) is 17.5 Å². The van der Waals surface area contributed by atoms with Crippen LogP contribution in [0.2, 0.25) is 0 Å². The fourth-order valence-corrected chi connectivity index (χ4v) is 4.67. The average molecular weight is 386 g/mol. The maximum atomic E-state index is 13.8. The molecule has 0 aliphatic carbocycles. The Balaban J connectivity index is 0.00000208. The van der Waals surface area contributed by atoms with E-state index in [1.807, 2.05) is 0 Å². The highest BCUT2D eigenvalue weighted by Crippen LogP contribution is 2.26. The third-order valence-corrected chi connectivity index (χ3v) is 6.27. The predicted octanol–water partition coefficient (Wildman–Crippen LogP) is 1.19. The van der Waals surface area contributed by atoms with E-state index in [1.165, 1.54) is 0 Å². The van der Waals surface area contributed by atoms with Crippen molar-refractivity contribution in [1.29, 1.82) is 0 Å². The standard InChI is InChI=1S/C14H18F3N3O2S.ClH/c15-11-7-13(17)14(8-12(11)16)23(21,22)20-4-1-10(9-20)19-5-2-18-3-6-19;/h7-8,10,18H,1-6,9H2;1H. The van der Waals surface area contributed by atoms with Crippen molar-refractivity contribution in [3.8, 4) is 0 Å². The van der Waals surface area contributed by atoms with Gasteiger partial charge in [-0.15, -0.1) is 12.4 Å². The second kappa shape index (κ2) is 7.57. The van der Waals surface area contributed by atoms with Crippen molar-refractivity contribution >= 4 is 22.4 Å². The molecule has 1 atom stereocenters. The van der Waals surface area contributed by atoms with Crippen LogP contribution in [0.1, 0.15) is 6.42 Å². The van der Waals surface area contributed by atoms with Crippen molar-refractivity contribution < 1.29 is 21.6 Å². The molecule has 10 heteroatoms. The van der Waals surface area contributed by atoms with Crippen LogP contribution in [-0.4, -0.2) is 62.9 Å². The molecule has 0 radical (unpaired) electrons. The molecule has 0 saturated carbocycles. The van der Waals surface area contributed by atoms with Crippen molar-refractivity contribution in [1.82, 2.24) is 14.5 Å². The summed E-state index contributed by atoms with van der Waals surface area (Å²) in [6.45, 7) is 3.84. The van der Waals surface area contributed by atoms with Gasteiger partial charge in [0, 0.05) is 51.4 Å². The molecule has 136 valence electrons. The second-order valence-corrected chi connectivity index (χ2v) is 7.69. The highest BCUT2D eigenvalue weighted by molar-refractivity contribution is 7.89. The SMILES string of the molecule is Cl.O=S(=O)(c1cc(F)c(F)cc1F)N1CCC(N2CCNCC2)C1. The van der Waals surface area contributed by atoms with Crippen LogP contribution in [0.15, 0.2) is 17.0 Å². The molecule has 0 amide bonds. The van der Waals surface area contributed by atoms with Crippen LogP contribution in [-0.2, 0) is 10.0 Å². The first-order chi connectivity index (χ1) is 10.9. The van der Waals surface area contributed by atoms with E-state index >= 15 is 0 Å². The maximum Gasteiger partial charge on any atom is 0.246 e. The van der Waals surface area contributed by atoms with Crippen molar-refractivity contribution in [3.63, 3.8) is 0 Å². The number of nitrogens with one attached hydrogen (secondary N) is 1. The van der Waals surface area contributed by atoms with Gasteiger partial charge in [0.25, 0.3) is 0 Å². The molecule has 0 spiro atoms. The highest BCUT2D eigenvalue weighted by atomic mass is 35.5. The van der Waals surface area contributed by atoms with Gasteiger partial charge in [0.1, 0.15) is 10.7 Å². The predicted molar refractivity (Wildman–Crippen MR) is 85.2 cm³/mol. The Bertz CT molecular complexity index is 699. The number of nitrogens with zero attached hydrogens (tertiary/aromatic N) is 2. The van der Waals surface area contributed by atoms with Gasteiger partial charge in [0.2, 0.25) is 10.0 Å². The number of benzene rings is 1. The van der Waals surface area contributed by atoms with Gasteiger partial charge in [-0.25, -0.2) is 21.6 Å². The molecule has 24 heavy (non-hydrogen) atoms. The first-order valence-electron chi connectivity index (χ1n) is 7.49. The van der Waals surface area contributed by atoms with E-state index in [2.05, 4.69) is 10.2 Å². The zero-order valence-electron chi connectivity index (χ0n) is 12.8. The molecule has 2 fully saturated rings. The average Bonchev–Trinajstić information content (AvgIpc) is 3.02. The summed E-state index contributed by atoms with van der Waals surface area (Å²) in [5.41, 5.74) is 0. The smallest absolute Gasteiger partial charge is 0.246 e. The van der Waals surface area contributed by atoms with Gasteiger partial charge in [-0.1, -0.05) is 0 Å². The Morgan fingerprint density at radius 1 is 1.00 bits per heavy atom. The Morgan fingerprint density at radius 2 is 1.62 bits per heavy atom. The van der Waals surface area contributed by atoms with E-state index in [0.717, 1.165) is 30.5 Å². The minimum atomic E-state index is -4.17. The Labute approximate surface area is 145 Å². The monoisotopic (exact) mass is 385 g/mol. The normalized spacial score (nSPS) is 23.2. The fraction of sp³-hybridized carbons (Fsp3) is 0.571. The lowest BCUT2D eigenvalue weighted by atomic mass is 10.2. The van der Waals surface area contributed by atoms with Gasteiger partial charge >= 0.3 is 0 Å². The molecule has 1 unspecified atom stereocenters. The van der Waals surface area contributed by atoms with Crippen molar-refractivity contribution in [2.24, 2.45) is 0 Å². The minimum Gasteiger partial charge on any atom is -0.314 e. The summed E-state index contributed by atoms with van der Waals surface area (Å²) >= 11 is 0. The molecular formula is C14H19ClF3N3O2S. The van der Waals surface area contributed by atoms with Crippen molar-refractivity contribution in [2.45, 2.75) is 17.4 Å². The van der Waals surface area contributed by atoms with E-state index in [-0.39, 0.29) is 37.6 Å². The Hall–Kier alpha value is -0.870. The lowest BCUT2D eigenvalue weighted by Crippen LogP contribution is -2.49. The first kappa shape index (κ1) is 19.5.